The Kier molecular flexibility index (Phi) is 4.10. The first-order valence-electron chi connectivity index (χ1n) is 5.14. The summed E-state index contributed by atoms with van der Waals surface area (Å²) in [6.45, 7) is 5.94. The van der Waals surface area contributed by atoms with Crippen molar-refractivity contribution in [3.8, 4) is 0 Å². The van der Waals surface area contributed by atoms with Gasteiger partial charge in [0, 0.05) is 16.7 Å². The Morgan fingerprint density at radius 1 is 1.50 bits per heavy atom. The molecule has 0 radical (unpaired) electrons. The van der Waals surface area contributed by atoms with Crippen molar-refractivity contribution in [2.24, 2.45) is 11.1 Å². The molecule has 0 aliphatic carbocycles. The molecule has 1 aromatic rings. The molecule has 0 aromatic heterocycles. The molecule has 0 atom stereocenters. The third-order valence-corrected chi connectivity index (χ3v) is 3.05. The highest BCUT2D eigenvalue weighted by Gasteiger charge is 2.25. The number of carbonyl (C=O) groups excluding carboxylic acids is 1. The van der Waals surface area contributed by atoms with E-state index in [1.54, 1.807) is 0 Å². The summed E-state index contributed by atoms with van der Waals surface area (Å²) in [6.07, 6.45) is 0. The lowest BCUT2D eigenvalue weighted by molar-refractivity contribution is -0.123. The summed E-state index contributed by atoms with van der Waals surface area (Å²) < 4.78 is 1.00. The summed E-state index contributed by atoms with van der Waals surface area (Å²) in [5.41, 5.74) is 6.86. The first kappa shape index (κ1) is 13.2. The minimum absolute atomic E-state index is 0.0552. The number of hydrogen-bond donors (Lipinski definition) is 2. The van der Waals surface area contributed by atoms with Crippen molar-refractivity contribution in [1.29, 1.82) is 0 Å². The van der Waals surface area contributed by atoms with Crippen LogP contribution >= 0.6 is 15.9 Å². The number of aryl methyl sites for hydroxylation is 1. The number of halogens is 1. The second-order valence-electron chi connectivity index (χ2n) is 4.50. The van der Waals surface area contributed by atoms with Gasteiger partial charge in [0.15, 0.2) is 0 Å². The number of nitrogens with one attached hydrogen (secondary N) is 1. The SMILES string of the molecule is Cc1cc(Br)ccc1NC(=O)C(C)(C)CN. The lowest BCUT2D eigenvalue weighted by Crippen LogP contribution is -2.37. The molecular formula is C12H17BrN2O. The van der Waals surface area contributed by atoms with E-state index in [2.05, 4.69) is 21.2 Å². The molecule has 0 fully saturated rings. The van der Waals surface area contributed by atoms with Crippen LogP contribution in [0.25, 0.3) is 0 Å². The smallest absolute Gasteiger partial charge is 0.231 e. The highest BCUT2D eigenvalue weighted by Crippen LogP contribution is 2.22. The number of carbonyl (C=O) groups is 1. The molecule has 3 nitrogen and oxygen atoms in total. The molecule has 3 N–H and O–H groups in total. The van der Waals surface area contributed by atoms with Gasteiger partial charge in [-0.15, -0.1) is 0 Å². The van der Waals surface area contributed by atoms with Crippen LogP contribution in [0.15, 0.2) is 22.7 Å². The van der Waals surface area contributed by atoms with Gasteiger partial charge in [-0.2, -0.15) is 0 Å². The van der Waals surface area contributed by atoms with E-state index in [9.17, 15) is 4.79 Å². The molecule has 1 rings (SSSR count). The quantitative estimate of drug-likeness (QED) is 0.897. The van der Waals surface area contributed by atoms with Crippen molar-refractivity contribution in [3.05, 3.63) is 28.2 Å². The Morgan fingerprint density at radius 2 is 2.12 bits per heavy atom. The van der Waals surface area contributed by atoms with E-state index in [1.807, 2.05) is 39.0 Å². The molecule has 16 heavy (non-hydrogen) atoms. The Hall–Kier alpha value is -0.870. The average Bonchev–Trinajstić information content (AvgIpc) is 2.22. The normalized spacial score (nSPS) is 11.3. The number of hydrogen-bond acceptors (Lipinski definition) is 2. The first-order chi connectivity index (χ1) is 7.36. The minimum Gasteiger partial charge on any atom is -0.329 e. The summed E-state index contributed by atoms with van der Waals surface area (Å²) in [4.78, 5) is 11.9. The Labute approximate surface area is 105 Å². The van der Waals surface area contributed by atoms with Crippen LogP contribution in [0.4, 0.5) is 5.69 Å². The first-order valence-corrected chi connectivity index (χ1v) is 5.94. The predicted octanol–water partition coefficient (Wildman–Crippen LogP) is 2.68. The minimum atomic E-state index is -0.542. The molecule has 1 aromatic carbocycles. The maximum atomic E-state index is 11.9. The number of benzene rings is 1. The van der Waals surface area contributed by atoms with Crippen molar-refractivity contribution in [1.82, 2.24) is 0 Å². The largest absolute Gasteiger partial charge is 0.329 e. The molecule has 0 saturated heterocycles. The van der Waals surface area contributed by atoms with E-state index in [1.165, 1.54) is 0 Å². The summed E-state index contributed by atoms with van der Waals surface area (Å²) >= 11 is 3.38. The lowest BCUT2D eigenvalue weighted by Gasteiger charge is -2.22. The third-order valence-electron chi connectivity index (χ3n) is 2.56. The van der Waals surface area contributed by atoms with Gasteiger partial charge < -0.3 is 11.1 Å². The van der Waals surface area contributed by atoms with Crippen molar-refractivity contribution in [2.45, 2.75) is 20.8 Å². The van der Waals surface area contributed by atoms with E-state index in [0.717, 1.165) is 15.7 Å². The topological polar surface area (TPSA) is 55.1 Å². The fraction of sp³-hybridized carbons (Fsp3) is 0.417. The summed E-state index contributed by atoms with van der Waals surface area (Å²) in [5, 5.41) is 2.89. The van der Waals surface area contributed by atoms with Gasteiger partial charge in [-0.25, -0.2) is 0 Å². The zero-order chi connectivity index (χ0) is 12.3. The molecule has 0 bridgehead atoms. The van der Waals surface area contributed by atoms with Crippen molar-refractivity contribution < 1.29 is 4.79 Å². The van der Waals surface area contributed by atoms with Gasteiger partial charge >= 0.3 is 0 Å². The average molecular weight is 285 g/mol. The van der Waals surface area contributed by atoms with Crippen LogP contribution in [0.3, 0.4) is 0 Å². The van der Waals surface area contributed by atoms with E-state index in [-0.39, 0.29) is 5.91 Å². The van der Waals surface area contributed by atoms with E-state index in [4.69, 9.17) is 5.73 Å². The number of rotatable bonds is 3. The molecule has 0 aliphatic rings. The molecule has 0 aliphatic heterocycles. The fourth-order valence-electron chi connectivity index (χ4n) is 1.15. The summed E-state index contributed by atoms with van der Waals surface area (Å²) in [5.74, 6) is -0.0552. The van der Waals surface area contributed by atoms with Gasteiger partial charge in [0.05, 0.1) is 5.41 Å². The Balaban J connectivity index is 2.85. The van der Waals surface area contributed by atoms with E-state index >= 15 is 0 Å². The van der Waals surface area contributed by atoms with Gasteiger partial charge in [-0.1, -0.05) is 15.9 Å². The second-order valence-corrected chi connectivity index (χ2v) is 5.42. The van der Waals surface area contributed by atoms with Crippen LogP contribution < -0.4 is 11.1 Å². The van der Waals surface area contributed by atoms with Crippen LogP contribution in [-0.2, 0) is 4.79 Å². The molecule has 1 amide bonds. The standard InChI is InChI=1S/C12H17BrN2O/c1-8-6-9(13)4-5-10(8)15-11(16)12(2,3)7-14/h4-6H,7,14H2,1-3H3,(H,15,16). The number of nitrogens with two attached hydrogens (primary N) is 1. The maximum absolute atomic E-state index is 11.9. The van der Waals surface area contributed by atoms with E-state index in [0.29, 0.717) is 6.54 Å². The van der Waals surface area contributed by atoms with Gasteiger partial charge in [0.2, 0.25) is 5.91 Å². The molecule has 88 valence electrons. The van der Waals surface area contributed by atoms with Crippen LogP contribution in [0, 0.1) is 12.3 Å². The van der Waals surface area contributed by atoms with Crippen molar-refractivity contribution in [2.75, 3.05) is 11.9 Å². The molecule has 0 spiro atoms. The van der Waals surface area contributed by atoms with Crippen LogP contribution in [-0.4, -0.2) is 12.5 Å². The van der Waals surface area contributed by atoms with Crippen LogP contribution in [0.5, 0.6) is 0 Å². The molecule has 0 unspecified atom stereocenters. The van der Waals surface area contributed by atoms with Gasteiger partial charge in [0.1, 0.15) is 0 Å². The van der Waals surface area contributed by atoms with Crippen LogP contribution in [0.2, 0.25) is 0 Å². The third kappa shape index (κ3) is 3.06. The zero-order valence-electron chi connectivity index (χ0n) is 9.80. The Morgan fingerprint density at radius 3 is 2.62 bits per heavy atom. The summed E-state index contributed by atoms with van der Waals surface area (Å²) in [6, 6.07) is 5.74. The molecule has 4 heteroatoms. The fourth-order valence-corrected chi connectivity index (χ4v) is 1.63. The molecule has 0 heterocycles. The van der Waals surface area contributed by atoms with E-state index < -0.39 is 5.41 Å². The van der Waals surface area contributed by atoms with Gasteiger partial charge in [-0.05, 0) is 44.5 Å². The molecule has 0 saturated carbocycles. The van der Waals surface area contributed by atoms with Gasteiger partial charge in [0.25, 0.3) is 0 Å². The van der Waals surface area contributed by atoms with Gasteiger partial charge in [-0.3, -0.25) is 4.79 Å². The maximum Gasteiger partial charge on any atom is 0.231 e. The van der Waals surface area contributed by atoms with Crippen LogP contribution in [0.1, 0.15) is 19.4 Å². The predicted molar refractivity (Wildman–Crippen MR) is 70.3 cm³/mol. The lowest BCUT2D eigenvalue weighted by atomic mass is 9.92. The number of anilines is 1. The van der Waals surface area contributed by atoms with Crippen molar-refractivity contribution >= 4 is 27.5 Å². The highest BCUT2D eigenvalue weighted by atomic mass is 79.9. The zero-order valence-corrected chi connectivity index (χ0v) is 11.4. The number of amides is 1. The monoisotopic (exact) mass is 284 g/mol. The summed E-state index contributed by atoms with van der Waals surface area (Å²) in [7, 11) is 0. The highest BCUT2D eigenvalue weighted by molar-refractivity contribution is 9.10. The molecular weight excluding hydrogens is 268 g/mol. The Bertz CT molecular complexity index is 402. The second kappa shape index (κ2) is 4.97. The van der Waals surface area contributed by atoms with Crippen molar-refractivity contribution in [3.63, 3.8) is 0 Å².